The van der Waals surface area contributed by atoms with E-state index in [-0.39, 0.29) is 17.3 Å². The molecular formula is C23H27N5O2S. The summed E-state index contributed by atoms with van der Waals surface area (Å²) in [6.07, 6.45) is 2.22. The van der Waals surface area contributed by atoms with E-state index < -0.39 is 0 Å². The largest absolute Gasteiger partial charge is 0.376 e. The highest BCUT2D eigenvalue weighted by molar-refractivity contribution is 8.00. The van der Waals surface area contributed by atoms with Crippen molar-refractivity contribution in [1.82, 2.24) is 25.1 Å². The summed E-state index contributed by atoms with van der Waals surface area (Å²) >= 11 is 1.40. The zero-order chi connectivity index (χ0) is 21.5. The van der Waals surface area contributed by atoms with E-state index in [1.54, 1.807) is 4.68 Å². The molecule has 4 rings (SSSR count). The van der Waals surface area contributed by atoms with Crippen LogP contribution >= 0.6 is 11.8 Å². The molecular weight excluding hydrogens is 410 g/mol. The lowest BCUT2D eigenvalue weighted by Gasteiger charge is -2.26. The number of hydrogen-bond donors (Lipinski definition) is 0. The normalized spacial score (nSPS) is 16.9. The second-order valence-electron chi connectivity index (χ2n) is 7.70. The van der Waals surface area contributed by atoms with Crippen molar-refractivity contribution in [2.24, 2.45) is 0 Å². The number of carbonyl (C=O) groups excluding carboxylic acids is 1. The van der Waals surface area contributed by atoms with Gasteiger partial charge in [0, 0.05) is 19.7 Å². The summed E-state index contributed by atoms with van der Waals surface area (Å²) in [4.78, 5) is 15.3. The van der Waals surface area contributed by atoms with Crippen LogP contribution in [0.1, 0.15) is 30.9 Å². The van der Waals surface area contributed by atoms with Gasteiger partial charge >= 0.3 is 0 Å². The number of aromatic nitrogens is 4. The third kappa shape index (κ3) is 5.92. The zero-order valence-electron chi connectivity index (χ0n) is 17.6. The summed E-state index contributed by atoms with van der Waals surface area (Å²) in [6, 6.07) is 20.1. The van der Waals surface area contributed by atoms with Crippen LogP contribution in [0.2, 0.25) is 0 Å². The first-order valence-electron chi connectivity index (χ1n) is 10.6. The van der Waals surface area contributed by atoms with E-state index in [0.717, 1.165) is 30.6 Å². The Labute approximate surface area is 186 Å². The van der Waals surface area contributed by atoms with Crippen LogP contribution in [0.5, 0.6) is 0 Å². The third-order valence-corrected chi connectivity index (χ3v) is 6.33. The first-order valence-corrected chi connectivity index (χ1v) is 11.5. The Morgan fingerprint density at radius 2 is 1.77 bits per heavy atom. The molecule has 162 valence electrons. The van der Waals surface area contributed by atoms with Crippen LogP contribution in [0.3, 0.4) is 0 Å². The van der Waals surface area contributed by atoms with Gasteiger partial charge in [-0.2, -0.15) is 0 Å². The zero-order valence-corrected chi connectivity index (χ0v) is 18.4. The molecule has 31 heavy (non-hydrogen) atoms. The number of hydrogen-bond acceptors (Lipinski definition) is 6. The molecule has 1 aromatic heterocycles. The van der Waals surface area contributed by atoms with Gasteiger partial charge < -0.3 is 9.64 Å². The maximum absolute atomic E-state index is 13.4. The van der Waals surface area contributed by atoms with Crippen LogP contribution in [0, 0.1) is 0 Å². The van der Waals surface area contributed by atoms with Crippen LogP contribution in [-0.4, -0.2) is 49.0 Å². The van der Waals surface area contributed by atoms with Crippen molar-refractivity contribution >= 4 is 17.7 Å². The topological polar surface area (TPSA) is 73.1 Å². The SMILES string of the molecule is C[C@@H](Sc1nnnn1C[C@H]1CCCO1)C(=O)N(Cc1ccccc1)Cc1ccccc1. The van der Waals surface area contributed by atoms with Crippen molar-refractivity contribution in [2.75, 3.05) is 6.61 Å². The molecule has 8 heteroatoms. The minimum absolute atomic E-state index is 0.0596. The van der Waals surface area contributed by atoms with Gasteiger partial charge in [0.15, 0.2) is 0 Å². The van der Waals surface area contributed by atoms with E-state index in [4.69, 9.17) is 4.74 Å². The van der Waals surface area contributed by atoms with Gasteiger partial charge in [-0.25, -0.2) is 4.68 Å². The number of benzene rings is 2. The fourth-order valence-corrected chi connectivity index (χ4v) is 4.54. The molecule has 0 unspecified atom stereocenters. The Morgan fingerprint density at radius 1 is 1.13 bits per heavy atom. The Bertz CT molecular complexity index is 919. The number of rotatable bonds is 9. The van der Waals surface area contributed by atoms with Gasteiger partial charge in [-0.05, 0) is 41.3 Å². The molecule has 3 aromatic rings. The number of nitrogens with zero attached hydrogens (tertiary/aromatic N) is 5. The maximum Gasteiger partial charge on any atom is 0.236 e. The van der Waals surface area contributed by atoms with Gasteiger partial charge in [-0.3, -0.25) is 4.79 Å². The van der Waals surface area contributed by atoms with E-state index in [0.29, 0.717) is 24.8 Å². The number of ether oxygens (including phenoxy) is 1. The molecule has 0 saturated carbocycles. The molecule has 0 radical (unpaired) electrons. The van der Waals surface area contributed by atoms with E-state index in [1.165, 1.54) is 11.8 Å². The number of thioether (sulfide) groups is 1. The molecule has 0 bridgehead atoms. The molecule has 0 N–H and O–H groups in total. The first-order chi connectivity index (χ1) is 15.2. The lowest BCUT2D eigenvalue weighted by molar-refractivity contribution is -0.131. The smallest absolute Gasteiger partial charge is 0.236 e. The lowest BCUT2D eigenvalue weighted by atomic mass is 10.1. The first kappa shape index (κ1) is 21.5. The number of tetrazole rings is 1. The molecule has 1 fully saturated rings. The van der Waals surface area contributed by atoms with Crippen LogP contribution < -0.4 is 0 Å². The Kier molecular flexibility index (Phi) is 7.32. The fraction of sp³-hybridized carbons (Fsp3) is 0.391. The summed E-state index contributed by atoms with van der Waals surface area (Å²) in [5, 5.41) is 12.4. The van der Waals surface area contributed by atoms with Gasteiger partial charge in [0.1, 0.15) is 0 Å². The quantitative estimate of drug-likeness (QED) is 0.477. The summed E-state index contributed by atoms with van der Waals surface area (Å²) in [5.74, 6) is 0.0596. The molecule has 2 atom stereocenters. The van der Waals surface area contributed by atoms with Crippen molar-refractivity contribution in [3.63, 3.8) is 0 Å². The summed E-state index contributed by atoms with van der Waals surface area (Å²) in [5.41, 5.74) is 2.21. The predicted octanol–water partition coefficient (Wildman–Crippen LogP) is 3.56. The number of amides is 1. The second-order valence-corrected chi connectivity index (χ2v) is 9.01. The maximum atomic E-state index is 13.4. The van der Waals surface area contributed by atoms with Gasteiger partial charge in [0.05, 0.1) is 17.9 Å². The van der Waals surface area contributed by atoms with Crippen molar-refractivity contribution in [2.45, 2.75) is 55.9 Å². The Hall–Kier alpha value is -2.71. The average molecular weight is 438 g/mol. The van der Waals surface area contributed by atoms with Crippen molar-refractivity contribution in [1.29, 1.82) is 0 Å². The number of carbonyl (C=O) groups is 1. The third-order valence-electron chi connectivity index (χ3n) is 5.27. The highest BCUT2D eigenvalue weighted by Gasteiger charge is 2.25. The lowest BCUT2D eigenvalue weighted by Crippen LogP contribution is -2.36. The molecule has 7 nitrogen and oxygen atoms in total. The van der Waals surface area contributed by atoms with Crippen LogP contribution in [0.25, 0.3) is 0 Å². The van der Waals surface area contributed by atoms with E-state index >= 15 is 0 Å². The fourth-order valence-electron chi connectivity index (χ4n) is 3.66. The average Bonchev–Trinajstić information content (AvgIpc) is 3.47. The summed E-state index contributed by atoms with van der Waals surface area (Å²) in [6.45, 7) is 4.44. The summed E-state index contributed by atoms with van der Waals surface area (Å²) in [7, 11) is 0. The van der Waals surface area contributed by atoms with Crippen LogP contribution in [0.4, 0.5) is 0 Å². The Morgan fingerprint density at radius 3 is 2.35 bits per heavy atom. The minimum Gasteiger partial charge on any atom is -0.376 e. The van der Waals surface area contributed by atoms with Gasteiger partial charge in [0.2, 0.25) is 11.1 Å². The summed E-state index contributed by atoms with van der Waals surface area (Å²) < 4.78 is 7.46. The molecule has 1 aliphatic heterocycles. The standard InChI is InChI=1S/C23H27N5O2S/c1-18(31-23-24-25-26-28(23)17-21-13-8-14-30-21)22(29)27(15-19-9-4-2-5-10-19)16-20-11-6-3-7-12-20/h2-7,9-12,18,21H,8,13-17H2,1H3/t18-,21-/m1/s1. The highest BCUT2D eigenvalue weighted by Crippen LogP contribution is 2.25. The van der Waals surface area contributed by atoms with Crippen molar-refractivity contribution < 1.29 is 9.53 Å². The van der Waals surface area contributed by atoms with Crippen molar-refractivity contribution in [3.05, 3.63) is 71.8 Å². The predicted molar refractivity (Wildman–Crippen MR) is 119 cm³/mol. The molecule has 0 spiro atoms. The van der Waals surface area contributed by atoms with E-state index in [9.17, 15) is 4.79 Å². The Balaban J connectivity index is 1.46. The molecule has 1 amide bonds. The monoisotopic (exact) mass is 437 g/mol. The molecule has 1 saturated heterocycles. The minimum atomic E-state index is -0.318. The highest BCUT2D eigenvalue weighted by atomic mass is 32.2. The van der Waals surface area contributed by atoms with E-state index in [2.05, 4.69) is 15.5 Å². The second kappa shape index (κ2) is 10.5. The van der Waals surface area contributed by atoms with Gasteiger partial charge in [-0.1, -0.05) is 72.4 Å². The molecule has 2 aromatic carbocycles. The van der Waals surface area contributed by atoms with E-state index in [1.807, 2.05) is 72.5 Å². The van der Waals surface area contributed by atoms with Gasteiger partial charge in [-0.15, -0.1) is 5.10 Å². The van der Waals surface area contributed by atoms with Crippen LogP contribution in [0.15, 0.2) is 65.8 Å². The van der Waals surface area contributed by atoms with Crippen LogP contribution in [-0.2, 0) is 29.2 Å². The molecule has 2 heterocycles. The van der Waals surface area contributed by atoms with Crippen molar-refractivity contribution in [3.8, 4) is 0 Å². The molecule has 1 aliphatic rings. The van der Waals surface area contributed by atoms with Gasteiger partial charge in [0.25, 0.3) is 0 Å². The molecule has 0 aliphatic carbocycles.